The second kappa shape index (κ2) is 7.82. The zero-order valence-electron chi connectivity index (χ0n) is 12.9. The number of H-pyrrole nitrogens is 1. The lowest BCUT2D eigenvalue weighted by atomic mass is 10.2. The molecule has 0 bridgehead atoms. The van der Waals surface area contributed by atoms with E-state index in [2.05, 4.69) is 10.3 Å². The number of para-hydroxylation sites is 1. The number of carbonyl (C=O) groups is 2. The van der Waals surface area contributed by atoms with E-state index in [1.165, 1.54) is 11.8 Å². The first-order chi connectivity index (χ1) is 11.5. The minimum Gasteiger partial charge on any atom is -0.548 e. The molecule has 9 heteroatoms. The first-order valence-electron chi connectivity index (χ1n) is 7.15. The Balaban J connectivity index is 2.51. The van der Waals surface area contributed by atoms with Crippen LogP contribution in [-0.4, -0.2) is 40.0 Å². The summed E-state index contributed by atoms with van der Waals surface area (Å²) >= 11 is 1.45. The predicted octanol–water partition coefficient (Wildman–Crippen LogP) is -1.15. The lowest BCUT2D eigenvalue weighted by Gasteiger charge is -2.19. The fourth-order valence-electron chi connectivity index (χ4n) is 2.34. The van der Waals surface area contributed by atoms with Crippen LogP contribution in [0.25, 0.3) is 10.9 Å². The van der Waals surface area contributed by atoms with Crippen LogP contribution in [0.3, 0.4) is 0 Å². The number of aromatic amines is 1. The summed E-state index contributed by atoms with van der Waals surface area (Å²) in [7, 11) is 0. The highest BCUT2D eigenvalue weighted by Gasteiger charge is 2.24. The maximum Gasteiger partial charge on any atom is 0.329 e. The van der Waals surface area contributed by atoms with E-state index in [0.717, 1.165) is 4.57 Å². The van der Waals surface area contributed by atoms with Crippen molar-refractivity contribution in [3.05, 3.63) is 45.1 Å². The molecule has 0 saturated carbocycles. The van der Waals surface area contributed by atoms with Crippen LogP contribution in [0.2, 0.25) is 0 Å². The number of aliphatic carboxylic acids is 1. The van der Waals surface area contributed by atoms with Gasteiger partial charge in [0.1, 0.15) is 6.04 Å². The molecule has 0 radical (unpaired) electrons. The first kappa shape index (κ1) is 17.8. The van der Waals surface area contributed by atoms with Gasteiger partial charge in [-0.2, -0.15) is 11.8 Å². The Bertz CT molecular complexity index is 873. The Morgan fingerprint density at radius 1 is 1.33 bits per heavy atom. The quantitative estimate of drug-likeness (QED) is 0.650. The van der Waals surface area contributed by atoms with Gasteiger partial charge in [0.05, 0.1) is 23.4 Å². The SMILES string of the molecule is CSCC[C@@H](C(=O)NCC(=O)[O-])n1c(=O)[nH]c2ccccc2c1=O. The molecule has 1 aromatic heterocycles. The van der Waals surface area contributed by atoms with E-state index in [0.29, 0.717) is 11.3 Å². The van der Waals surface area contributed by atoms with Gasteiger partial charge in [0.25, 0.3) is 5.56 Å². The maximum absolute atomic E-state index is 12.6. The summed E-state index contributed by atoms with van der Waals surface area (Å²) in [6.45, 7) is -0.686. The molecule has 2 N–H and O–H groups in total. The summed E-state index contributed by atoms with van der Waals surface area (Å²) < 4.78 is 0.836. The lowest BCUT2D eigenvalue weighted by molar-refractivity contribution is -0.304. The third-order valence-electron chi connectivity index (χ3n) is 3.45. The summed E-state index contributed by atoms with van der Waals surface area (Å²) in [6.07, 6.45) is 2.03. The predicted molar refractivity (Wildman–Crippen MR) is 88.9 cm³/mol. The number of carboxylic acid groups (broad SMARTS) is 1. The molecular formula is C15H16N3O5S-. The maximum atomic E-state index is 12.6. The monoisotopic (exact) mass is 350 g/mol. The van der Waals surface area contributed by atoms with Crippen LogP contribution in [0, 0.1) is 0 Å². The number of nitrogens with one attached hydrogen (secondary N) is 2. The topological polar surface area (TPSA) is 124 Å². The smallest absolute Gasteiger partial charge is 0.329 e. The average Bonchev–Trinajstić information content (AvgIpc) is 2.55. The molecule has 1 heterocycles. The third-order valence-corrected chi connectivity index (χ3v) is 4.10. The van der Waals surface area contributed by atoms with Crippen molar-refractivity contribution >= 4 is 34.5 Å². The highest BCUT2D eigenvalue weighted by molar-refractivity contribution is 7.98. The van der Waals surface area contributed by atoms with Gasteiger partial charge in [0.2, 0.25) is 5.91 Å². The molecule has 0 saturated heterocycles. The van der Waals surface area contributed by atoms with Crippen molar-refractivity contribution < 1.29 is 14.7 Å². The minimum absolute atomic E-state index is 0.210. The molecular weight excluding hydrogens is 334 g/mol. The molecule has 0 fully saturated rings. The molecule has 1 aromatic carbocycles. The standard InChI is InChI=1S/C15H17N3O5S/c1-24-7-6-11(13(21)16-8-12(19)20)18-14(22)9-4-2-3-5-10(9)17-15(18)23/h2-5,11H,6-8H2,1H3,(H,16,21)(H,17,23)(H,19,20)/p-1/t11-/m0/s1. The largest absolute Gasteiger partial charge is 0.548 e. The number of fused-ring (bicyclic) bond motifs is 1. The number of aromatic nitrogens is 2. The Kier molecular flexibility index (Phi) is 5.80. The summed E-state index contributed by atoms with van der Waals surface area (Å²) in [4.78, 5) is 50.3. The Hall–Kier alpha value is -2.55. The Labute approximate surface area is 140 Å². The van der Waals surface area contributed by atoms with E-state index in [1.54, 1.807) is 24.3 Å². The molecule has 128 valence electrons. The molecule has 0 aliphatic heterocycles. The van der Waals surface area contributed by atoms with E-state index < -0.39 is 35.7 Å². The number of amides is 1. The molecule has 1 atom stereocenters. The first-order valence-corrected chi connectivity index (χ1v) is 8.55. The molecule has 0 spiro atoms. The van der Waals surface area contributed by atoms with Crippen molar-refractivity contribution in [2.75, 3.05) is 18.6 Å². The highest BCUT2D eigenvalue weighted by Crippen LogP contribution is 2.13. The van der Waals surface area contributed by atoms with Gasteiger partial charge < -0.3 is 20.2 Å². The van der Waals surface area contributed by atoms with E-state index in [1.807, 2.05) is 6.26 Å². The zero-order valence-corrected chi connectivity index (χ0v) is 13.7. The summed E-state index contributed by atoms with van der Waals surface area (Å²) in [6, 6.07) is 5.38. The van der Waals surface area contributed by atoms with Crippen molar-refractivity contribution in [1.29, 1.82) is 0 Å². The van der Waals surface area contributed by atoms with Gasteiger partial charge in [-0.05, 0) is 30.6 Å². The van der Waals surface area contributed by atoms with Gasteiger partial charge >= 0.3 is 5.69 Å². The molecule has 24 heavy (non-hydrogen) atoms. The van der Waals surface area contributed by atoms with Crippen molar-refractivity contribution in [1.82, 2.24) is 14.9 Å². The Morgan fingerprint density at radius 3 is 2.71 bits per heavy atom. The molecule has 2 aromatic rings. The third kappa shape index (κ3) is 3.85. The molecule has 0 unspecified atom stereocenters. The number of carbonyl (C=O) groups excluding carboxylic acids is 2. The van der Waals surface area contributed by atoms with Gasteiger partial charge in [0, 0.05) is 0 Å². The number of benzene rings is 1. The van der Waals surface area contributed by atoms with Crippen LogP contribution < -0.4 is 21.7 Å². The van der Waals surface area contributed by atoms with Gasteiger partial charge in [-0.25, -0.2) is 9.36 Å². The molecule has 1 amide bonds. The lowest BCUT2D eigenvalue weighted by Crippen LogP contribution is -2.47. The summed E-state index contributed by atoms with van der Waals surface area (Å²) in [5.74, 6) is -1.65. The van der Waals surface area contributed by atoms with Crippen LogP contribution in [0.5, 0.6) is 0 Å². The number of rotatable bonds is 7. The van der Waals surface area contributed by atoms with Gasteiger partial charge in [-0.15, -0.1) is 0 Å². The molecule has 0 aliphatic rings. The van der Waals surface area contributed by atoms with Crippen LogP contribution in [0.1, 0.15) is 12.5 Å². The van der Waals surface area contributed by atoms with Crippen LogP contribution in [0.15, 0.2) is 33.9 Å². The van der Waals surface area contributed by atoms with Crippen molar-refractivity contribution in [2.45, 2.75) is 12.5 Å². The second-order valence-electron chi connectivity index (χ2n) is 5.04. The fraction of sp³-hybridized carbons (Fsp3) is 0.333. The van der Waals surface area contributed by atoms with Crippen LogP contribution >= 0.6 is 11.8 Å². The average molecular weight is 350 g/mol. The van der Waals surface area contributed by atoms with E-state index in [-0.39, 0.29) is 11.8 Å². The summed E-state index contributed by atoms with van der Waals surface area (Å²) in [5.41, 5.74) is -0.931. The fourth-order valence-corrected chi connectivity index (χ4v) is 2.80. The van der Waals surface area contributed by atoms with E-state index >= 15 is 0 Å². The van der Waals surface area contributed by atoms with Gasteiger partial charge in [-0.1, -0.05) is 12.1 Å². The van der Waals surface area contributed by atoms with Crippen LogP contribution in [0.4, 0.5) is 0 Å². The highest BCUT2D eigenvalue weighted by atomic mass is 32.2. The van der Waals surface area contributed by atoms with Crippen molar-refractivity contribution in [3.63, 3.8) is 0 Å². The number of hydrogen-bond donors (Lipinski definition) is 2. The molecule has 2 rings (SSSR count). The molecule has 8 nitrogen and oxygen atoms in total. The number of nitrogens with zero attached hydrogens (tertiary/aromatic N) is 1. The van der Waals surface area contributed by atoms with Gasteiger partial charge in [-0.3, -0.25) is 9.59 Å². The van der Waals surface area contributed by atoms with Crippen molar-refractivity contribution in [3.8, 4) is 0 Å². The molecule has 0 aliphatic carbocycles. The zero-order chi connectivity index (χ0) is 17.7. The van der Waals surface area contributed by atoms with E-state index in [4.69, 9.17) is 0 Å². The Morgan fingerprint density at radius 2 is 2.04 bits per heavy atom. The number of hydrogen-bond acceptors (Lipinski definition) is 6. The normalized spacial score (nSPS) is 12.0. The summed E-state index contributed by atoms with van der Waals surface area (Å²) in [5, 5.41) is 13.0. The minimum atomic E-state index is -1.45. The van der Waals surface area contributed by atoms with Crippen molar-refractivity contribution in [2.24, 2.45) is 0 Å². The van der Waals surface area contributed by atoms with E-state index in [9.17, 15) is 24.3 Å². The van der Waals surface area contributed by atoms with Gasteiger partial charge in [0.15, 0.2) is 0 Å². The number of carboxylic acids is 1. The van der Waals surface area contributed by atoms with Crippen LogP contribution in [-0.2, 0) is 9.59 Å². The number of thioether (sulfide) groups is 1. The second-order valence-corrected chi connectivity index (χ2v) is 6.02.